The van der Waals surface area contributed by atoms with Crippen LogP contribution in [0.25, 0.3) is 11.5 Å². The monoisotopic (exact) mass is 525 g/mol. The van der Waals surface area contributed by atoms with Crippen LogP contribution in [-0.4, -0.2) is 49.4 Å². The Hall–Kier alpha value is -2.10. The summed E-state index contributed by atoms with van der Waals surface area (Å²) >= 11 is 0. The normalized spacial score (nSPS) is 15.4. The molecule has 0 saturated heterocycles. The number of carbonyl (C=O) groups is 1. The summed E-state index contributed by atoms with van der Waals surface area (Å²) in [6, 6.07) is 8.08. The minimum atomic E-state index is -0.340. The van der Waals surface area contributed by atoms with Gasteiger partial charge in [-0.2, -0.15) is 0 Å². The summed E-state index contributed by atoms with van der Waals surface area (Å²) in [7, 11) is 5.38. The van der Waals surface area contributed by atoms with Crippen LogP contribution >= 0.6 is 24.0 Å². The lowest BCUT2D eigenvalue weighted by Gasteiger charge is -2.31. The van der Waals surface area contributed by atoms with Crippen LogP contribution in [0, 0.1) is 12.3 Å². The first-order valence-electron chi connectivity index (χ1n) is 10.1. The predicted molar refractivity (Wildman–Crippen MR) is 130 cm³/mol. The summed E-state index contributed by atoms with van der Waals surface area (Å²) in [5.74, 6) is 1.45. The molecule has 30 heavy (non-hydrogen) atoms. The molecule has 0 atom stereocenters. The Morgan fingerprint density at radius 3 is 2.47 bits per heavy atom. The number of carbonyl (C=O) groups excluding carboxylic acids is 1. The van der Waals surface area contributed by atoms with Crippen LogP contribution in [0.4, 0.5) is 0 Å². The number of halogens is 1. The van der Waals surface area contributed by atoms with E-state index in [4.69, 9.17) is 4.42 Å². The average Bonchev–Trinajstić information content (AvgIpc) is 3.38. The molecule has 0 spiro atoms. The zero-order valence-electron chi connectivity index (χ0n) is 18.2. The summed E-state index contributed by atoms with van der Waals surface area (Å²) in [4.78, 5) is 23.2. The number of nitrogens with one attached hydrogen (secondary N) is 2. The van der Waals surface area contributed by atoms with Crippen molar-refractivity contribution in [1.29, 1.82) is 0 Å². The van der Waals surface area contributed by atoms with Crippen molar-refractivity contribution in [3.05, 3.63) is 41.8 Å². The number of oxazole rings is 1. The van der Waals surface area contributed by atoms with Crippen molar-refractivity contribution in [2.75, 3.05) is 27.7 Å². The quantitative estimate of drug-likeness (QED) is 0.343. The minimum Gasteiger partial charge on any atom is -0.444 e. The number of benzene rings is 1. The van der Waals surface area contributed by atoms with E-state index >= 15 is 0 Å². The molecule has 0 unspecified atom stereocenters. The molecule has 1 aromatic heterocycles. The number of aromatic nitrogens is 1. The van der Waals surface area contributed by atoms with E-state index < -0.39 is 0 Å². The third-order valence-electron chi connectivity index (χ3n) is 5.53. The van der Waals surface area contributed by atoms with Crippen LogP contribution in [0.1, 0.15) is 36.9 Å². The van der Waals surface area contributed by atoms with Crippen LogP contribution in [0.5, 0.6) is 0 Å². The van der Waals surface area contributed by atoms with Gasteiger partial charge in [0, 0.05) is 33.3 Å². The van der Waals surface area contributed by atoms with Crippen molar-refractivity contribution in [2.45, 2.75) is 39.2 Å². The molecule has 164 valence electrons. The lowest BCUT2D eigenvalue weighted by atomic mass is 9.84. The van der Waals surface area contributed by atoms with Gasteiger partial charge >= 0.3 is 0 Å². The van der Waals surface area contributed by atoms with Gasteiger partial charge in [0.1, 0.15) is 6.26 Å². The van der Waals surface area contributed by atoms with Gasteiger partial charge in [0.2, 0.25) is 11.8 Å². The Morgan fingerprint density at radius 1 is 1.20 bits per heavy atom. The highest BCUT2D eigenvalue weighted by atomic mass is 127. The van der Waals surface area contributed by atoms with Crippen molar-refractivity contribution in [3.8, 4) is 11.5 Å². The van der Waals surface area contributed by atoms with Gasteiger partial charge < -0.3 is 20.0 Å². The molecule has 1 aliphatic carbocycles. The number of aryl methyl sites for hydroxylation is 1. The van der Waals surface area contributed by atoms with Crippen molar-refractivity contribution in [1.82, 2.24) is 20.5 Å². The summed E-state index contributed by atoms with van der Waals surface area (Å²) in [6.07, 6.45) is 5.67. The Balaban J connectivity index is 0.00000320. The fourth-order valence-corrected chi connectivity index (χ4v) is 3.86. The summed E-state index contributed by atoms with van der Waals surface area (Å²) in [5.41, 5.74) is 2.61. The van der Waals surface area contributed by atoms with Gasteiger partial charge in [-0.15, -0.1) is 24.0 Å². The molecule has 1 amide bonds. The topological polar surface area (TPSA) is 82.8 Å². The van der Waals surface area contributed by atoms with E-state index in [0.29, 0.717) is 24.9 Å². The molecule has 2 N–H and O–H groups in total. The van der Waals surface area contributed by atoms with E-state index in [-0.39, 0.29) is 35.3 Å². The molecule has 1 saturated carbocycles. The Labute approximate surface area is 195 Å². The van der Waals surface area contributed by atoms with Gasteiger partial charge in [-0.25, -0.2) is 4.98 Å². The molecular weight excluding hydrogens is 493 g/mol. The Bertz CT molecular complexity index is 855. The standard InChI is InChI=1S/C22H31N5O2.HI/c1-16-7-9-17(10-8-16)19-26-18(14-29-19)13-24-21(23-2)25-15-22(11-5-6-12-22)20(28)27(3)4;/h7-10,14H,5-6,11-13,15H2,1-4H3,(H2,23,24,25);1H. The Morgan fingerprint density at radius 2 is 1.87 bits per heavy atom. The van der Waals surface area contributed by atoms with E-state index in [9.17, 15) is 4.79 Å². The van der Waals surface area contributed by atoms with Gasteiger partial charge in [0.25, 0.3) is 0 Å². The maximum Gasteiger partial charge on any atom is 0.230 e. The van der Waals surface area contributed by atoms with Crippen LogP contribution < -0.4 is 10.6 Å². The molecule has 3 rings (SSSR count). The van der Waals surface area contributed by atoms with Crippen LogP contribution in [0.15, 0.2) is 39.9 Å². The fraction of sp³-hybridized carbons (Fsp3) is 0.500. The van der Waals surface area contributed by atoms with E-state index in [2.05, 4.69) is 27.5 Å². The molecule has 1 fully saturated rings. The molecular formula is C22H32IN5O2. The van der Waals surface area contributed by atoms with E-state index in [0.717, 1.165) is 36.9 Å². The number of amides is 1. The first kappa shape index (κ1) is 24.2. The third-order valence-corrected chi connectivity index (χ3v) is 5.53. The molecule has 7 nitrogen and oxygen atoms in total. The second-order valence-electron chi connectivity index (χ2n) is 7.98. The fourth-order valence-electron chi connectivity index (χ4n) is 3.86. The van der Waals surface area contributed by atoms with E-state index in [1.165, 1.54) is 5.56 Å². The van der Waals surface area contributed by atoms with Gasteiger partial charge in [0.15, 0.2) is 5.96 Å². The van der Waals surface area contributed by atoms with E-state index in [1.54, 1.807) is 18.2 Å². The van der Waals surface area contributed by atoms with E-state index in [1.807, 2.05) is 38.4 Å². The lowest BCUT2D eigenvalue weighted by molar-refractivity contribution is -0.138. The van der Waals surface area contributed by atoms with Gasteiger partial charge in [0.05, 0.1) is 17.7 Å². The molecule has 2 aromatic rings. The SMILES string of the molecule is CN=C(NCc1coc(-c2ccc(C)cc2)n1)NCC1(C(=O)N(C)C)CCCC1.I. The third kappa shape index (κ3) is 5.74. The number of guanidine groups is 1. The summed E-state index contributed by atoms with van der Waals surface area (Å²) in [6.45, 7) is 3.12. The predicted octanol–water partition coefficient (Wildman–Crippen LogP) is 3.58. The zero-order valence-corrected chi connectivity index (χ0v) is 20.5. The zero-order chi connectivity index (χ0) is 20.9. The molecule has 1 aromatic carbocycles. The first-order valence-corrected chi connectivity index (χ1v) is 10.1. The number of aliphatic imine (C=N–C) groups is 1. The van der Waals surface area contributed by atoms with Crippen LogP contribution in [0.2, 0.25) is 0 Å². The smallest absolute Gasteiger partial charge is 0.230 e. The van der Waals surface area contributed by atoms with Crippen molar-refractivity contribution in [3.63, 3.8) is 0 Å². The van der Waals surface area contributed by atoms with Gasteiger partial charge in [-0.1, -0.05) is 30.5 Å². The van der Waals surface area contributed by atoms with Crippen LogP contribution in [-0.2, 0) is 11.3 Å². The van der Waals surface area contributed by atoms with Crippen molar-refractivity contribution >= 4 is 35.8 Å². The van der Waals surface area contributed by atoms with Gasteiger partial charge in [-0.05, 0) is 31.9 Å². The molecule has 0 bridgehead atoms. The largest absolute Gasteiger partial charge is 0.444 e. The van der Waals surface area contributed by atoms with Crippen LogP contribution in [0.3, 0.4) is 0 Å². The molecule has 0 radical (unpaired) electrons. The Kier molecular flexibility index (Phi) is 8.69. The second-order valence-corrected chi connectivity index (χ2v) is 7.98. The highest BCUT2D eigenvalue weighted by molar-refractivity contribution is 14.0. The molecule has 1 aliphatic rings. The summed E-state index contributed by atoms with van der Waals surface area (Å²) in [5, 5.41) is 6.60. The number of nitrogens with zero attached hydrogens (tertiary/aromatic N) is 3. The molecule has 0 aliphatic heterocycles. The minimum absolute atomic E-state index is 0. The lowest BCUT2D eigenvalue weighted by Crippen LogP contribution is -2.49. The number of hydrogen-bond donors (Lipinski definition) is 2. The maximum absolute atomic E-state index is 12.7. The second kappa shape index (κ2) is 10.8. The van der Waals surface area contributed by atoms with Gasteiger partial charge in [-0.3, -0.25) is 9.79 Å². The van der Waals surface area contributed by atoms with Crippen molar-refractivity contribution < 1.29 is 9.21 Å². The molecule has 1 heterocycles. The average molecular weight is 525 g/mol. The van der Waals surface area contributed by atoms with Crippen molar-refractivity contribution in [2.24, 2.45) is 10.4 Å². The maximum atomic E-state index is 12.7. The molecule has 8 heteroatoms. The summed E-state index contributed by atoms with van der Waals surface area (Å²) < 4.78 is 5.61. The number of rotatable bonds is 6. The highest BCUT2D eigenvalue weighted by Crippen LogP contribution is 2.38. The highest BCUT2D eigenvalue weighted by Gasteiger charge is 2.42. The number of hydrogen-bond acceptors (Lipinski definition) is 4. The first-order chi connectivity index (χ1) is 13.9.